The zero-order valence-electron chi connectivity index (χ0n) is 18.0. The Kier molecular flexibility index (Phi) is 7.62. The van der Waals surface area contributed by atoms with Crippen molar-refractivity contribution >= 4 is 23.8 Å². The number of amides is 1. The lowest BCUT2D eigenvalue weighted by Gasteiger charge is -2.40. The number of carbonyl (C=O) groups is 4. The lowest BCUT2D eigenvalue weighted by molar-refractivity contribution is -0.189. The molecule has 0 radical (unpaired) electrons. The van der Waals surface area contributed by atoms with E-state index in [-0.39, 0.29) is 44.7 Å². The van der Waals surface area contributed by atoms with Crippen molar-refractivity contribution in [1.82, 2.24) is 4.90 Å². The van der Waals surface area contributed by atoms with Crippen LogP contribution in [0.4, 0.5) is 0 Å². The number of piperidine rings is 1. The Morgan fingerprint density at radius 1 is 0.821 bits per heavy atom. The van der Waals surface area contributed by atoms with Crippen LogP contribution in [0.3, 0.4) is 0 Å². The molecule has 8 nitrogen and oxygen atoms in total. The number of hydrogen-bond donors (Lipinski definition) is 0. The number of likely N-dealkylation sites (tertiary alicyclic amines) is 1. The van der Waals surface area contributed by atoms with Crippen molar-refractivity contribution in [2.24, 2.45) is 5.41 Å². The predicted octanol–water partition coefficient (Wildman–Crippen LogP) is 2.23. The van der Waals surface area contributed by atoms with Crippen molar-refractivity contribution in [3.8, 4) is 0 Å². The molecule has 0 N–H and O–H groups in total. The van der Waals surface area contributed by atoms with Crippen molar-refractivity contribution < 1.29 is 33.4 Å². The number of hydrogen-bond acceptors (Lipinski definition) is 7. The highest BCUT2D eigenvalue weighted by Gasteiger charge is 2.53. The fraction of sp³-hybridized carbons (Fsp3) is 0.800. The Bertz CT molecular complexity index is 575. The molecular formula is C20H33NO7. The van der Waals surface area contributed by atoms with Gasteiger partial charge in [-0.25, -0.2) is 0 Å². The summed E-state index contributed by atoms with van der Waals surface area (Å²) >= 11 is 0. The fourth-order valence-electron chi connectivity index (χ4n) is 2.85. The second-order valence-electron chi connectivity index (χ2n) is 9.04. The van der Waals surface area contributed by atoms with E-state index in [1.807, 2.05) is 0 Å². The molecule has 1 saturated heterocycles. The number of nitrogens with zero attached hydrogens (tertiary/aromatic N) is 1. The number of methoxy groups -OCH3 is 1. The topological polar surface area (TPSA) is 99.2 Å². The Balaban J connectivity index is 2.92. The van der Waals surface area contributed by atoms with E-state index in [0.717, 1.165) is 0 Å². The summed E-state index contributed by atoms with van der Waals surface area (Å²) in [6.45, 7) is 10.8. The molecule has 1 fully saturated rings. The fourth-order valence-corrected chi connectivity index (χ4v) is 2.85. The smallest absolute Gasteiger partial charge is 0.324 e. The molecule has 8 heteroatoms. The van der Waals surface area contributed by atoms with Crippen LogP contribution in [0.15, 0.2) is 0 Å². The standard InChI is InChI=1S/C20H33NO7/c1-18(2,3)27-16(24)20(17(25)28-19(4,5)6)10-12-21(13-11-20)14(22)8-9-15(23)26-7/h8-13H2,1-7H3. The van der Waals surface area contributed by atoms with E-state index in [9.17, 15) is 19.2 Å². The highest BCUT2D eigenvalue weighted by Crippen LogP contribution is 2.37. The molecule has 0 aromatic rings. The summed E-state index contributed by atoms with van der Waals surface area (Å²) in [7, 11) is 1.27. The second kappa shape index (κ2) is 8.92. The van der Waals surface area contributed by atoms with E-state index in [1.54, 1.807) is 46.4 Å². The summed E-state index contributed by atoms with van der Waals surface area (Å²) < 4.78 is 15.5. The molecule has 0 aliphatic carbocycles. The maximum absolute atomic E-state index is 12.9. The monoisotopic (exact) mass is 399 g/mol. The lowest BCUT2D eigenvalue weighted by atomic mass is 9.77. The van der Waals surface area contributed by atoms with Gasteiger partial charge in [0.15, 0.2) is 5.41 Å². The van der Waals surface area contributed by atoms with Crippen LogP contribution in [-0.2, 0) is 33.4 Å². The largest absolute Gasteiger partial charge is 0.469 e. The minimum Gasteiger partial charge on any atom is -0.469 e. The third-order valence-electron chi connectivity index (χ3n) is 4.32. The van der Waals surface area contributed by atoms with Gasteiger partial charge in [-0.15, -0.1) is 0 Å². The molecule has 1 aliphatic heterocycles. The van der Waals surface area contributed by atoms with Gasteiger partial charge in [0.05, 0.1) is 13.5 Å². The van der Waals surface area contributed by atoms with E-state index in [1.165, 1.54) is 7.11 Å². The highest BCUT2D eigenvalue weighted by atomic mass is 16.6. The van der Waals surface area contributed by atoms with E-state index in [2.05, 4.69) is 4.74 Å². The zero-order valence-corrected chi connectivity index (χ0v) is 18.0. The SMILES string of the molecule is COC(=O)CCC(=O)N1CCC(C(=O)OC(C)(C)C)(C(=O)OC(C)(C)C)CC1. The number of rotatable bonds is 5. The third-order valence-corrected chi connectivity index (χ3v) is 4.32. The minimum absolute atomic E-state index is 0.00485. The first-order chi connectivity index (χ1) is 12.7. The van der Waals surface area contributed by atoms with Crippen LogP contribution >= 0.6 is 0 Å². The molecule has 0 saturated carbocycles. The maximum Gasteiger partial charge on any atom is 0.324 e. The van der Waals surface area contributed by atoms with Crippen LogP contribution in [0.2, 0.25) is 0 Å². The van der Waals surface area contributed by atoms with Gasteiger partial charge < -0.3 is 19.1 Å². The van der Waals surface area contributed by atoms with Gasteiger partial charge in [-0.2, -0.15) is 0 Å². The van der Waals surface area contributed by atoms with E-state index in [4.69, 9.17) is 9.47 Å². The summed E-state index contributed by atoms with van der Waals surface area (Å²) in [5.74, 6) is -1.93. The molecule has 28 heavy (non-hydrogen) atoms. The Labute approximate surface area is 166 Å². The van der Waals surface area contributed by atoms with E-state index < -0.39 is 34.5 Å². The van der Waals surface area contributed by atoms with Crippen LogP contribution in [0.1, 0.15) is 67.2 Å². The molecule has 0 aromatic heterocycles. The Morgan fingerprint density at radius 2 is 1.25 bits per heavy atom. The summed E-state index contributed by atoms with van der Waals surface area (Å²) in [5, 5.41) is 0. The van der Waals surface area contributed by atoms with Gasteiger partial charge in [0.1, 0.15) is 11.2 Å². The molecule has 0 spiro atoms. The molecule has 1 heterocycles. The summed E-state index contributed by atoms with van der Waals surface area (Å²) in [6.07, 6.45) is 0.245. The average molecular weight is 399 g/mol. The van der Waals surface area contributed by atoms with E-state index in [0.29, 0.717) is 0 Å². The molecule has 1 rings (SSSR count). The minimum atomic E-state index is -1.44. The molecule has 0 bridgehead atoms. The normalized spacial score (nSPS) is 16.9. The predicted molar refractivity (Wildman–Crippen MR) is 101 cm³/mol. The molecular weight excluding hydrogens is 366 g/mol. The van der Waals surface area contributed by atoms with Crippen LogP contribution in [-0.4, -0.2) is 60.1 Å². The highest BCUT2D eigenvalue weighted by molar-refractivity contribution is 6.00. The summed E-state index contributed by atoms with van der Waals surface area (Å²) in [5.41, 5.74) is -2.95. The van der Waals surface area contributed by atoms with Gasteiger partial charge in [0, 0.05) is 19.5 Å². The summed E-state index contributed by atoms with van der Waals surface area (Å²) in [4.78, 5) is 50.9. The van der Waals surface area contributed by atoms with Gasteiger partial charge in [0.25, 0.3) is 0 Å². The second-order valence-corrected chi connectivity index (χ2v) is 9.04. The molecule has 0 unspecified atom stereocenters. The molecule has 0 aromatic carbocycles. The third kappa shape index (κ3) is 6.80. The van der Waals surface area contributed by atoms with Crippen molar-refractivity contribution in [2.45, 2.75) is 78.4 Å². The first-order valence-electron chi connectivity index (χ1n) is 9.52. The Morgan fingerprint density at radius 3 is 1.61 bits per heavy atom. The zero-order chi connectivity index (χ0) is 21.8. The molecule has 1 amide bonds. The van der Waals surface area contributed by atoms with E-state index >= 15 is 0 Å². The van der Waals surface area contributed by atoms with Gasteiger partial charge >= 0.3 is 17.9 Å². The van der Waals surface area contributed by atoms with Crippen molar-refractivity contribution in [1.29, 1.82) is 0 Å². The lowest BCUT2D eigenvalue weighted by Crippen LogP contribution is -2.53. The van der Waals surface area contributed by atoms with Crippen molar-refractivity contribution in [3.05, 3.63) is 0 Å². The van der Waals surface area contributed by atoms with Gasteiger partial charge in [-0.3, -0.25) is 19.2 Å². The first-order valence-corrected chi connectivity index (χ1v) is 9.52. The van der Waals surface area contributed by atoms with Crippen LogP contribution < -0.4 is 0 Å². The van der Waals surface area contributed by atoms with Crippen LogP contribution in [0.5, 0.6) is 0 Å². The average Bonchev–Trinajstić information content (AvgIpc) is 2.56. The van der Waals surface area contributed by atoms with Crippen molar-refractivity contribution in [2.75, 3.05) is 20.2 Å². The number of ether oxygens (including phenoxy) is 3. The molecule has 1 aliphatic rings. The summed E-state index contributed by atoms with van der Waals surface area (Å²) in [6, 6.07) is 0. The molecule has 0 atom stereocenters. The van der Waals surface area contributed by atoms with Gasteiger partial charge in [-0.05, 0) is 54.4 Å². The van der Waals surface area contributed by atoms with Crippen molar-refractivity contribution in [3.63, 3.8) is 0 Å². The van der Waals surface area contributed by atoms with Crippen LogP contribution in [0.25, 0.3) is 0 Å². The van der Waals surface area contributed by atoms with Gasteiger partial charge in [-0.1, -0.05) is 0 Å². The van der Waals surface area contributed by atoms with Gasteiger partial charge in [0.2, 0.25) is 5.91 Å². The number of carbonyl (C=O) groups excluding carboxylic acids is 4. The quantitative estimate of drug-likeness (QED) is 0.397. The number of esters is 3. The van der Waals surface area contributed by atoms with Crippen LogP contribution in [0, 0.1) is 5.41 Å². The Hall–Kier alpha value is -2.12. The maximum atomic E-state index is 12.9. The first kappa shape index (κ1) is 23.9. The molecule has 160 valence electrons.